The zero-order valence-electron chi connectivity index (χ0n) is 41.9. The lowest BCUT2D eigenvalue weighted by Gasteiger charge is -2.35. The van der Waals surface area contributed by atoms with E-state index in [0.29, 0.717) is 44.1 Å². The number of ether oxygens (including phenoxy) is 1. The molecule has 0 saturated carbocycles. The molecule has 0 bridgehead atoms. The molecule has 1 unspecified atom stereocenters. The van der Waals surface area contributed by atoms with Crippen LogP contribution in [0.15, 0.2) is 66.2 Å². The molecule has 4 heterocycles. The Kier molecular flexibility index (Phi) is 17.0. The number of aryl methyl sites for hydroxylation is 3. The van der Waals surface area contributed by atoms with Gasteiger partial charge < -0.3 is 47.1 Å². The first-order valence-electron chi connectivity index (χ1n) is 24.7. The number of hydrogen-bond donors (Lipinski definition) is 6. The molecule has 1 saturated heterocycles. The van der Waals surface area contributed by atoms with Gasteiger partial charge in [0.2, 0.25) is 29.5 Å². The second-order valence-corrected chi connectivity index (χ2v) is 21.2. The number of unbranched alkanes of at least 4 members (excludes halogenated alkanes) is 1. The number of nitrogens with one attached hydrogen (secondary N) is 3. The van der Waals surface area contributed by atoms with E-state index < -0.39 is 83.3 Å². The third kappa shape index (κ3) is 12.4. The maximum Gasteiger partial charge on any atom is 0.407 e. The zero-order chi connectivity index (χ0) is 52.0. The first-order valence-corrected chi connectivity index (χ1v) is 25.6. The molecule has 8 N–H and O–H groups in total. The SMILES string of the molecule is Cc1ncsc1-c1ccc([C@H](C)NC(=O)[C@@H]2C[C@@H](O)CN2C(=O)[C@@H](NC(=O)OCCCCc2cccc(N(C)CC(CCC(N)=O)NC(=O)[C@@H]3Cc4cccc5c4N3C(=O)[C@@H](N)CC5)c2F)C(C)(C)C)cc1. The molecule has 3 aliphatic heterocycles. The van der Waals surface area contributed by atoms with E-state index in [4.69, 9.17) is 16.2 Å². The third-order valence-electron chi connectivity index (χ3n) is 13.9. The lowest BCUT2D eigenvalue weighted by Crippen LogP contribution is -2.58. The normalized spacial score (nSPS) is 19.7. The van der Waals surface area contributed by atoms with E-state index in [1.165, 1.54) is 9.80 Å². The summed E-state index contributed by atoms with van der Waals surface area (Å²) in [5.41, 5.74) is 18.9. The molecule has 7 rings (SSSR count). The number of thiazole rings is 1. The lowest BCUT2D eigenvalue weighted by molar-refractivity contribution is -0.142. The number of anilines is 2. The molecule has 0 spiro atoms. The molecular formula is C53H68FN9O8S. The van der Waals surface area contributed by atoms with Gasteiger partial charge in [0.15, 0.2) is 0 Å². The Morgan fingerprint density at radius 1 is 0.986 bits per heavy atom. The van der Waals surface area contributed by atoms with Crippen LogP contribution in [0, 0.1) is 18.2 Å². The summed E-state index contributed by atoms with van der Waals surface area (Å²) >= 11 is 1.56. The predicted molar refractivity (Wildman–Crippen MR) is 273 cm³/mol. The minimum atomic E-state index is -1.09. The van der Waals surface area contributed by atoms with Crippen molar-refractivity contribution in [2.24, 2.45) is 16.9 Å². The highest BCUT2D eigenvalue weighted by Gasteiger charge is 2.46. The summed E-state index contributed by atoms with van der Waals surface area (Å²) in [5, 5.41) is 19.4. The number of carbonyl (C=O) groups is 6. The molecule has 17 nitrogen and oxygen atoms in total. The number of aliphatic hydroxyl groups excluding tert-OH is 1. The van der Waals surface area contributed by atoms with Crippen molar-refractivity contribution in [2.75, 3.05) is 36.5 Å². The van der Waals surface area contributed by atoms with Gasteiger partial charge in [-0.2, -0.15) is 0 Å². The van der Waals surface area contributed by atoms with Crippen LogP contribution in [0.3, 0.4) is 0 Å². The number of likely N-dealkylation sites (tertiary alicyclic amines) is 1. The van der Waals surface area contributed by atoms with Gasteiger partial charge in [0, 0.05) is 45.4 Å². The number of hydrogen-bond acceptors (Lipinski definition) is 12. The molecule has 7 atom stereocenters. The van der Waals surface area contributed by atoms with Crippen molar-refractivity contribution in [1.82, 2.24) is 25.8 Å². The van der Waals surface area contributed by atoms with Crippen molar-refractivity contribution >= 4 is 58.3 Å². The number of primary amides is 1. The summed E-state index contributed by atoms with van der Waals surface area (Å²) in [5.74, 6) is -2.67. The van der Waals surface area contributed by atoms with Crippen molar-refractivity contribution in [3.8, 4) is 10.4 Å². The van der Waals surface area contributed by atoms with Crippen LogP contribution in [0.25, 0.3) is 10.4 Å². The Labute approximate surface area is 424 Å². The van der Waals surface area contributed by atoms with Crippen LogP contribution in [0.2, 0.25) is 0 Å². The molecule has 0 radical (unpaired) electrons. The average Bonchev–Trinajstić information content (AvgIpc) is 4.05. The fourth-order valence-electron chi connectivity index (χ4n) is 9.93. The number of halogens is 1. The van der Waals surface area contributed by atoms with Crippen molar-refractivity contribution < 1.29 is 43.0 Å². The second-order valence-electron chi connectivity index (χ2n) is 20.4. The summed E-state index contributed by atoms with van der Waals surface area (Å²) in [6.45, 7) is 9.20. The van der Waals surface area contributed by atoms with Crippen LogP contribution in [0.1, 0.15) is 100 Å². The number of alkyl carbamates (subject to hydrolysis) is 1. The van der Waals surface area contributed by atoms with Gasteiger partial charge >= 0.3 is 6.09 Å². The number of nitrogens with zero attached hydrogens (tertiary/aromatic N) is 4. The highest BCUT2D eigenvalue weighted by Crippen LogP contribution is 2.39. The molecule has 6 amide bonds. The van der Waals surface area contributed by atoms with E-state index in [2.05, 4.69) is 20.9 Å². The highest BCUT2D eigenvalue weighted by atomic mass is 32.1. The largest absolute Gasteiger partial charge is 0.450 e. The van der Waals surface area contributed by atoms with Crippen LogP contribution in [-0.4, -0.2) is 114 Å². The van der Waals surface area contributed by atoms with E-state index in [1.54, 1.807) is 67.8 Å². The van der Waals surface area contributed by atoms with Crippen LogP contribution >= 0.6 is 11.3 Å². The molecule has 3 aromatic carbocycles. The van der Waals surface area contributed by atoms with E-state index in [-0.39, 0.29) is 50.6 Å². The molecule has 1 fully saturated rings. The van der Waals surface area contributed by atoms with Gasteiger partial charge in [0.05, 0.1) is 52.3 Å². The summed E-state index contributed by atoms with van der Waals surface area (Å²) in [6, 6.07) is 14.0. The number of amides is 6. The monoisotopic (exact) mass is 1010 g/mol. The molecule has 386 valence electrons. The minimum absolute atomic E-state index is 0.0160. The molecule has 3 aliphatic rings. The molecule has 0 aliphatic carbocycles. The van der Waals surface area contributed by atoms with E-state index in [9.17, 15) is 33.9 Å². The maximum absolute atomic E-state index is 16.2. The smallest absolute Gasteiger partial charge is 0.407 e. The summed E-state index contributed by atoms with van der Waals surface area (Å²) < 4.78 is 21.7. The van der Waals surface area contributed by atoms with Gasteiger partial charge in [-0.1, -0.05) is 75.4 Å². The number of carbonyl (C=O) groups excluding carboxylic acids is 6. The van der Waals surface area contributed by atoms with Gasteiger partial charge in [0.25, 0.3) is 0 Å². The first-order chi connectivity index (χ1) is 34.2. The summed E-state index contributed by atoms with van der Waals surface area (Å²) in [7, 11) is 1.69. The number of para-hydroxylation sites is 1. The van der Waals surface area contributed by atoms with Gasteiger partial charge in [-0.25, -0.2) is 14.2 Å². The standard InChI is InChI=1S/C53H68FN9O8S/c1-30(32-16-18-35(19-17-32)46-31(2)57-29-72-46)58-48(66)41-26-38(64)28-62(41)51(69)47(53(3,4)5)60-52(70)71-24-8-7-11-33-12-10-15-40(44(33)54)61(6)27-37(21-23-43(56)65)59-49(67)42-25-36-14-9-13-34-20-22-39(55)50(68)63(42)45(34)36/h9-10,12-19,29-30,37-39,41-42,47,64H,7-8,11,20-28,55H2,1-6H3,(H2,56,65)(H,58,66)(H,59,67)(H,60,70)/t30-,37?,38+,39-,41-,42-,47+/m0/s1. The van der Waals surface area contributed by atoms with Crippen LogP contribution in [-0.2, 0) is 48.0 Å². The van der Waals surface area contributed by atoms with Gasteiger partial charge in [-0.3, -0.25) is 28.9 Å². The Balaban J connectivity index is 0.902. The minimum Gasteiger partial charge on any atom is -0.450 e. The van der Waals surface area contributed by atoms with Crippen molar-refractivity contribution in [2.45, 2.75) is 135 Å². The third-order valence-corrected chi connectivity index (χ3v) is 14.9. The van der Waals surface area contributed by atoms with Gasteiger partial charge in [0.1, 0.15) is 23.9 Å². The first kappa shape index (κ1) is 53.4. The molecule has 4 aromatic rings. The predicted octanol–water partition coefficient (Wildman–Crippen LogP) is 4.98. The van der Waals surface area contributed by atoms with E-state index in [0.717, 1.165) is 38.5 Å². The van der Waals surface area contributed by atoms with Crippen molar-refractivity contribution in [3.63, 3.8) is 0 Å². The second kappa shape index (κ2) is 23.0. The number of benzene rings is 3. The Morgan fingerprint density at radius 3 is 2.39 bits per heavy atom. The maximum atomic E-state index is 16.2. The number of nitrogens with two attached hydrogens (primary N) is 2. The van der Waals surface area contributed by atoms with Gasteiger partial charge in [-0.15, -0.1) is 11.3 Å². The number of aromatic nitrogens is 1. The molecule has 1 aromatic heterocycles. The number of β-amino-alcohol motifs (C(OH)–C–C–N with tert-alkyl or cyclic N) is 1. The van der Waals surface area contributed by atoms with Crippen molar-refractivity contribution in [3.05, 3.63) is 99.9 Å². The van der Waals surface area contributed by atoms with Gasteiger partial charge in [-0.05, 0) is 91.7 Å². The number of rotatable bonds is 19. The number of aliphatic hydroxyl groups is 1. The van der Waals surface area contributed by atoms with Crippen LogP contribution < -0.4 is 37.2 Å². The fraction of sp³-hybridized carbons (Fsp3) is 0.491. The topological polar surface area (TPSA) is 243 Å². The average molecular weight is 1010 g/mol. The Hall–Kier alpha value is -6.44. The molecule has 19 heteroatoms. The quantitative estimate of drug-likeness (QED) is 0.0685. The molecular weight excluding hydrogens is 942 g/mol. The zero-order valence-corrected chi connectivity index (χ0v) is 42.7. The Morgan fingerprint density at radius 2 is 1.69 bits per heavy atom. The fourth-order valence-corrected chi connectivity index (χ4v) is 10.7. The Bertz CT molecular complexity index is 2640. The lowest BCUT2D eigenvalue weighted by atomic mass is 9.85. The molecule has 72 heavy (non-hydrogen) atoms. The van der Waals surface area contributed by atoms with E-state index in [1.807, 2.05) is 56.3 Å². The van der Waals surface area contributed by atoms with E-state index >= 15 is 4.39 Å². The summed E-state index contributed by atoms with van der Waals surface area (Å²) in [6.07, 6.45) is 0.999. The van der Waals surface area contributed by atoms with Crippen LogP contribution in [0.5, 0.6) is 0 Å². The number of likely N-dealkylation sites (N-methyl/N-ethyl adjacent to an activating group) is 1. The van der Waals surface area contributed by atoms with Crippen molar-refractivity contribution in [1.29, 1.82) is 0 Å². The van der Waals surface area contributed by atoms with Crippen LogP contribution in [0.4, 0.5) is 20.6 Å². The highest BCUT2D eigenvalue weighted by molar-refractivity contribution is 7.13. The summed E-state index contributed by atoms with van der Waals surface area (Å²) in [4.78, 5) is 90.3.